The Balaban J connectivity index is 2.44. The molecule has 66 valence electrons. The molecule has 1 aromatic rings. The zero-order valence-corrected chi connectivity index (χ0v) is 10.7. The van der Waals surface area contributed by atoms with Gasteiger partial charge in [0.15, 0.2) is 0 Å². The average Bonchev–Trinajstić information content (AvgIpc) is 2.02. The van der Waals surface area contributed by atoms with Gasteiger partial charge in [-0.1, -0.05) is 19.2 Å². The van der Waals surface area contributed by atoms with Crippen LogP contribution in [-0.2, 0) is 0 Å². The SMILES string of the molecule is C[Si](C)(Br)CSc1ccccn1. The molecule has 0 bridgehead atoms. The highest BCUT2D eigenvalue weighted by Crippen LogP contribution is 2.22. The fourth-order valence-electron chi connectivity index (χ4n) is 0.678. The van der Waals surface area contributed by atoms with E-state index < -0.39 is 6.69 Å². The highest BCUT2D eigenvalue weighted by atomic mass is 79.9. The number of rotatable bonds is 3. The number of hydrogen-bond donors (Lipinski definition) is 0. The van der Waals surface area contributed by atoms with Crippen LogP contribution in [0.4, 0.5) is 0 Å². The molecule has 12 heavy (non-hydrogen) atoms. The zero-order chi connectivity index (χ0) is 9.03. The van der Waals surface area contributed by atoms with E-state index in [1.807, 2.05) is 30.1 Å². The second-order valence-corrected chi connectivity index (χ2v) is 14.9. The number of aromatic nitrogens is 1. The summed E-state index contributed by atoms with van der Waals surface area (Å²) in [6.45, 7) is 3.48. The van der Waals surface area contributed by atoms with Crippen LogP contribution in [0.5, 0.6) is 0 Å². The minimum absolute atomic E-state index is 1.10. The Morgan fingerprint density at radius 2 is 2.25 bits per heavy atom. The van der Waals surface area contributed by atoms with Gasteiger partial charge in [-0.15, -0.1) is 27.1 Å². The molecular formula is C8H12BrNSSi. The first-order valence-corrected chi connectivity index (χ1v) is 10.3. The van der Waals surface area contributed by atoms with E-state index >= 15 is 0 Å². The lowest BCUT2D eigenvalue weighted by atomic mass is 10.5. The lowest BCUT2D eigenvalue weighted by molar-refractivity contribution is 1.14. The third kappa shape index (κ3) is 4.28. The molecule has 0 spiro atoms. The van der Waals surface area contributed by atoms with Crippen molar-refractivity contribution in [3.63, 3.8) is 0 Å². The summed E-state index contributed by atoms with van der Waals surface area (Å²) in [6, 6.07) is 6.02. The van der Waals surface area contributed by atoms with Gasteiger partial charge in [-0.05, 0) is 12.1 Å². The topological polar surface area (TPSA) is 12.9 Å². The quantitative estimate of drug-likeness (QED) is 0.471. The fraction of sp³-hybridized carbons (Fsp3) is 0.375. The Bertz CT molecular complexity index is 235. The summed E-state index contributed by atoms with van der Waals surface area (Å²) >= 11 is 5.56. The van der Waals surface area contributed by atoms with Gasteiger partial charge < -0.3 is 0 Å². The maximum Gasteiger partial charge on any atom is 0.134 e. The van der Waals surface area contributed by atoms with Crippen LogP contribution in [0.2, 0.25) is 13.1 Å². The third-order valence-corrected chi connectivity index (χ3v) is 7.12. The first kappa shape index (κ1) is 10.3. The highest BCUT2D eigenvalue weighted by Gasteiger charge is 2.16. The van der Waals surface area contributed by atoms with Crippen molar-refractivity contribution in [2.75, 3.05) is 5.38 Å². The lowest BCUT2D eigenvalue weighted by Gasteiger charge is -2.11. The molecule has 4 heteroatoms. The molecule has 0 aliphatic rings. The maximum absolute atomic E-state index is 4.25. The summed E-state index contributed by atoms with van der Waals surface area (Å²) in [5.41, 5.74) is 0. The van der Waals surface area contributed by atoms with Crippen LogP contribution >= 0.6 is 27.1 Å². The van der Waals surface area contributed by atoms with Crippen molar-refractivity contribution in [3.05, 3.63) is 24.4 Å². The van der Waals surface area contributed by atoms with E-state index in [9.17, 15) is 0 Å². The standard InChI is InChI=1S/C8H12BrNSSi/c1-12(2,9)7-11-8-5-3-4-6-10-8/h3-6H,7H2,1-2H3. The molecule has 0 saturated carbocycles. The molecule has 0 N–H and O–H groups in total. The average molecular weight is 262 g/mol. The van der Waals surface area contributed by atoms with E-state index in [4.69, 9.17) is 0 Å². The van der Waals surface area contributed by atoms with Crippen LogP contribution in [0.3, 0.4) is 0 Å². The molecule has 0 fully saturated rings. The molecule has 1 aromatic heterocycles. The van der Waals surface area contributed by atoms with Crippen LogP contribution in [0, 0.1) is 0 Å². The monoisotopic (exact) mass is 261 g/mol. The van der Waals surface area contributed by atoms with Crippen molar-refractivity contribution in [2.45, 2.75) is 18.1 Å². The van der Waals surface area contributed by atoms with E-state index in [2.05, 4.69) is 39.4 Å². The number of hydrogen-bond acceptors (Lipinski definition) is 2. The lowest BCUT2D eigenvalue weighted by Crippen LogP contribution is -2.19. The minimum atomic E-state index is -1.10. The molecule has 0 radical (unpaired) electrons. The van der Waals surface area contributed by atoms with Gasteiger partial charge in [0, 0.05) is 11.6 Å². The molecule has 0 aliphatic heterocycles. The molecule has 0 saturated heterocycles. The second kappa shape index (κ2) is 4.44. The predicted molar refractivity (Wildman–Crippen MR) is 61.4 cm³/mol. The summed E-state index contributed by atoms with van der Waals surface area (Å²) in [4.78, 5) is 4.25. The van der Waals surface area contributed by atoms with Gasteiger partial charge in [-0.25, -0.2) is 4.98 Å². The molecule has 0 unspecified atom stereocenters. The van der Waals surface area contributed by atoms with Crippen molar-refractivity contribution < 1.29 is 0 Å². The number of thioether (sulfide) groups is 1. The summed E-state index contributed by atoms with van der Waals surface area (Å²) < 4.78 is 0. The van der Waals surface area contributed by atoms with Gasteiger partial charge >= 0.3 is 0 Å². The Morgan fingerprint density at radius 1 is 1.50 bits per heavy atom. The van der Waals surface area contributed by atoms with Crippen LogP contribution in [0.25, 0.3) is 0 Å². The molecule has 1 nitrogen and oxygen atoms in total. The van der Waals surface area contributed by atoms with Crippen molar-refractivity contribution in [3.8, 4) is 0 Å². The van der Waals surface area contributed by atoms with Gasteiger partial charge in [0.1, 0.15) is 6.69 Å². The second-order valence-electron chi connectivity index (χ2n) is 3.18. The summed E-state index contributed by atoms with van der Waals surface area (Å²) in [5.74, 6) is 0. The van der Waals surface area contributed by atoms with E-state index in [1.54, 1.807) is 0 Å². The van der Waals surface area contributed by atoms with Gasteiger partial charge in [0.25, 0.3) is 0 Å². The molecule has 1 rings (SSSR count). The zero-order valence-electron chi connectivity index (χ0n) is 7.25. The van der Waals surface area contributed by atoms with Crippen LogP contribution in [0.1, 0.15) is 0 Å². The first-order valence-electron chi connectivity index (χ1n) is 3.81. The van der Waals surface area contributed by atoms with Gasteiger partial charge in [0.2, 0.25) is 0 Å². The number of halogens is 1. The van der Waals surface area contributed by atoms with Gasteiger partial charge in [-0.2, -0.15) is 0 Å². The largest absolute Gasteiger partial charge is 0.250 e. The number of pyridine rings is 1. The van der Waals surface area contributed by atoms with E-state index in [1.165, 1.54) is 5.38 Å². The van der Waals surface area contributed by atoms with Crippen molar-refractivity contribution >= 4 is 33.7 Å². The summed E-state index contributed by atoms with van der Waals surface area (Å²) in [7, 11) is 0. The Labute approximate surface area is 86.6 Å². The molecular weight excluding hydrogens is 250 g/mol. The predicted octanol–water partition coefficient (Wildman–Crippen LogP) is 3.31. The Hall–Kier alpha value is 0.197. The normalized spacial score (nSPS) is 11.6. The Morgan fingerprint density at radius 3 is 2.75 bits per heavy atom. The summed E-state index contributed by atoms with van der Waals surface area (Å²) in [6.07, 6.45) is 1.84. The van der Waals surface area contributed by atoms with Crippen molar-refractivity contribution in [2.24, 2.45) is 0 Å². The number of nitrogens with zero attached hydrogens (tertiary/aromatic N) is 1. The van der Waals surface area contributed by atoms with E-state index in [0.29, 0.717) is 0 Å². The summed E-state index contributed by atoms with van der Waals surface area (Å²) in [5, 5.41) is 2.29. The van der Waals surface area contributed by atoms with E-state index in [-0.39, 0.29) is 0 Å². The van der Waals surface area contributed by atoms with E-state index in [0.717, 1.165) is 5.03 Å². The van der Waals surface area contributed by atoms with Gasteiger partial charge in [-0.3, -0.25) is 0 Å². The molecule has 1 heterocycles. The maximum atomic E-state index is 4.25. The van der Waals surface area contributed by atoms with Crippen LogP contribution in [0.15, 0.2) is 29.4 Å². The van der Waals surface area contributed by atoms with Crippen LogP contribution < -0.4 is 0 Å². The third-order valence-electron chi connectivity index (χ3n) is 1.20. The molecule has 0 atom stereocenters. The highest BCUT2D eigenvalue weighted by molar-refractivity contribution is 9.26. The first-order chi connectivity index (χ1) is 5.58. The Kier molecular flexibility index (Phi) is 3.80. The molecule has 0 amide bonds. The van der Waals surface area contributed by atoms with Crippen molar-refractivity contribution in [1.82, 2.24) is 4.98 Å². The fourth-order valence-corrected chi connectivity index (χ4v) is 3.98. The molecule has 0 aliphatic carbocycles. The van der Waals surface area contributed by atoms with Crippen LogP contribution in [-0.4, -0.2) is 17.1 Å². The van der Waals surface area contributed by atoms with Gasteiger partial charge in [0.05, 0.1) is 5.03 Å². The smallest absolute Gasteiger partial charge is 0.134 e. The molecule has 0 aromatic carbocycles. The minimum Gasteiger partial charge on any atom is -0.250 e. The van der Waals surface area contributed by atoms with Crippen molar-refractivity contribution in [1.29, 1.82) is 0 Å².